The molecule has 2 atom stereocenters. The summed E-state index contributed by atoms with van der Waals surface area (Å²) in [6.07, 6.45) is 0. The predicted octanol–water partition coefficient (Wildman–Crippen LogP) is -1.76. The topological polar surface area (TPSA) is 142 Å². The summed E-state index contributed by atoms with van der Waals surface area (Å²) >= 11 is 0. The number of nitrogens with one attached hydrogen (secondary N) is 2. The lowest BCUT2D eigenvalue weighted by atomic mass is 10.0. The number of carboxylic acids is 1. The molecule has 0 aromatic rings. The van der Waals surface area contributed by atoms with E-state index in [-0.39, 0.29) is 5.92 Å². The van der Waals surface area contributed by atoms with Crippen molar-refractivity contribution in [3.05, 3.63) is 0 Å². The number of aliphatic carboxylic acids is 1. The van der Waals surface area contributed by atoms with Crippen LogP contribution in [0, 0.1) is 5.92 Å². The Kier molecular flexibility index (Phi) is 5.97. The standard InChI is InChI=1S/C9H17N3O5/c1-4(2)6(12-9(10)17)7(14)11-5(3-13)8(15)16/h4-6,13H,3H2,1-2H3,(H,11,14)(H,15,16)(H3,10,12,17)/t5-,6?/m1/s1. The van der Waals surface area contributed by atoms with Gasteiger partial charge in [0.05, 0.1) is 6.61 Å². The normalized spacial score (nSPS) is 13.9. The summed E-state index contributed by atoms with van der Waals surface area (Å²) in [4.78, 5) is 32.9. The largest absolute Gasteiger partial charge is 0.480 e. The highest BCUT2D eigenvalue weighted by atomic mass is 16.4. The minimum absolute atomic E-state index is 0.268. The highest BCUT2D eigenvalue weighted by Gasteiger charge is 2.27. The van der Waals surface area contributed by atoms with Crippen molar-refractivity contribution < 1.29 is 24.6 Å². The molecule has 1 unspecified atom stereocenters. The van der Waals surface area contributed by atoms with Crippen LogP contribution in [0.4, 0.5) is 4.79 Å². The smallest absolute Gasteiger partial charge is 0.328 e. The molecule has 98 valence electrons. The highest BCUT2D eigenvalue weighted by molar-refractivity contribution is 5.89. The fourth-order valence-electron chi connectivity index (χ4n) is 1.14. The van der Waals surface area contributed by atoms with E-state index in [4.69, 9.17) is 15.9 Å². The van der Waals surface area contributed by atoms with Gasteiger partial charge in [0.25, 0.3) is 0 Å². The molecule has 0 aliphatic heterocycles. The van der Waals surface area contributed by atoms with Crippen LogP contribution in [0.1, 0.15) is 13.8 Å². The number of carbonyl (C=O) groups excluding carboxylic acids is 2. The maximum absolute atomic E-state index is 11.6. The van der Waals surface area contributed by atoms with Gasteiger partial charge in [0.1, 0.15) is 12.1 Å². The van der Waals surface area contributed by atoms with Crippen molar-refractivity contribution in [1.29, 1.82) is 0 Å². The summed E-state index contributed by atoms with van der Waals surface area (Å²) in [5, 5.41) is 21.7. The zero-order valence-electron chi connectivity index (χ0n) is 9.64. The maximum Gasteiger partial charge on any atom is 0.328 e. The first kappa shape index (κ1) is 15.2. The number of nitrogens with two attached hydrogens (primary N) is 1. The molecule has 0 aromatic heterocycles. The molecule has 0 aliphatic carbocycles. The lowest BCUT2D eigenvalue weighted by molar-refractivity contribution is -0.143. The summed E-state index contributed by atoms with van der Waals surface area (Å²) in [6.45, 7) is 2.59. The molecule has 0 fully saturated rings. The number of hydrogen-bond donors (Lipinski definition) is 5. The molecule has 3 amide bonds. The average Bonchev–Trinajstić information content (AvgIpc) is 2.20. The van der Waals surface area contributed by atoms with Gasteiger partial charge in [-0.1, -0.05) is 13.8 Å². The van der Waals surface area contributed by atoms with Crippen LogP contribution < -0.4 is 16.4 Å². The predicted molar refractivity (Wildman–Crippen MR) is 58.0 cm³/mol. The number of aliphatic hydroxyl groups is 1. The van der Waals surface area contributed by atoms with Gasteiger partial charge in [0.2, 0.25) is 5.91 Å². The van der Waals surface area contributed by atoms with Crippen molar-refractivity contribution >= 4 is 17.9 Å². The van der Waals surface area contributed by atoms with E-state index in [0.29, 0.717) is 0 Å². The quantitative estimate of drug-likeness (QED) is 0.378. The number of aliphatic hydroxyl groups excluding tert-OH is 1. The van der Waals surface area contributed by atoms with Crippen LogP contribution >= 0.6 is 0 Å². The zero-order valence-corrected chi connectivity index (χ0v) is 9.64. The van der Waals surface area contributed by atoms with E-state index >= 15 is 0 Å². The van der Waals surface area contributed by atoms with E-state index in [0.717, 1.165) is 0 Å². The molecular weight excluding hydrogens is 230 g/mol. The average molecular weight is 247 g/mol. The first-order chi connectivity index (χ1) is 7.79. The molecular formula is C9H17N3O5. The van der Waals surface area contributed by atoms with Gasteiger partial charge in [-0.05, 0) is 5.92 Å². The lowest BCUT2D eigenvalue weighted by Crippen LogP contribution is -2.55. The van der Waals surface area contributed by atoms with E-state index in [1.54, 1.807) is 13.8 Å². The van der Waals surface area contributed by atoms with Crippen molar-refractivity contribution in [3.63, 3.8) is 0 Å². The van der Waals surface area contributed by atoms with E-state index in [2.05, 4.69) is 10.6 Å². The first-order valence-electron chi connectivity index (χ1n) is 4.99. The number of hydrogen-bond acceptors (Lipinski definition) is 4. The number of primary amides is 1. The Balaban J connectivity index is 4.62. The molecule has 8 heteroatoms. The molecule has 0 spiro atoms. The number of carboxylic acid groups (broad SMARTS) is 1. The van der Waals surface area contributed by atoms with Crippen LogP contribution in [0.2, 0.25) is 0 Å². The van der Waals surface area contributed by atoms with Gasteiger partial charge in [-0.15, -0.1) is 0 Å². The molecule has 0 bridgehead atoms. The van der Waals surface area contributed by atoms with Crippen LogP contribution in [0.3, 0.4) is 0 Å². The molecule has 0 aliphatic rings. The van der Waals surface area contributed by atoms with Crippen LogP contribution in [0.15, 0.2) is 0 Å². The zero-order chi connectivity index (χ0) is 13.6. The Morgan fingerprint density at radius 3 is 2.06 bits per heavy atom. The van der Waals surface area contributed by atoms with Gasteiger partial charge in [-0.25, -0.2) is 9.59 Å². The van der Waals surface area contributed by atoms with Crippen molar-refractivity contribution in [3.8, 4) is 0 Å². The second-order valence-corrected chi connectivity index (χ2v) is 3.81. The Morgan fingerprint density at radius 1 is 1.24 bits per heavy atom. The highest BCUT2D eigenvalue weighted by Crippen LogP contribution is 2.02. The summed E-state index contributed by atoms with van der Waals surface area (Å²) in [7, 11) is 0. The number of urea groups is 1. The second kappa shape index (κ2) is 6.69. The minimum atomic E-state index is -1.40. The third kappa shape index (κ3) is 5.16. The Hall–Kier alpha value is -1.83. The molecule has 0 saturated heterocycles. The van der Waals surface area contributed by atoms with Crippen molar-refractivity contribution in [2.45, 2.75) is 25.9 Å². The third-order valence-corrected chi connectivity index (χ3v) is 2.04. The molecule has 17 heavy (non-hydrogen) atoms. The molecule has 0 heterocycles. The minimum Gasteiger partial charge on any atom is -0.480 e. The molecule has 0 rings (SSSR count). The lowest BCUT2D eigenvalue weighted by Gasteiger charge is -2.22. The van der Waals surface area contributed by atoms with Crippen molar-refractivity contribution in [1.82, 2.24) is 10.6 Å². The molecule has 0 aromatic carbocycles. The van der Waals surface area contributed by atoms with Crippen LogP contribution in [0.5, 0.6) is 0 Å². The van der Waals surface area contributed by atoms with Gasteiger partial charge in [0, 0.05) is 0 Å². The SMILES string of the molecule is CC(C)C(NC(N)=O)C(=O)N[C@H](CO)C(=O)O. The maximum atomic E-state index is 11.6. The van der Waals surface area contributed by atoms with Crippen LogP contribution in [-0.2, 0) is 9.59 Å². The molecule has 0 saturated carbocycles. The first-order valence-corrected chi connectivity index (χ1v) is 4.99. The van der Waals surface area contributed by atoms with E-state index < -0.39 is 36.6 Å². The van der Waals surface area contributed by atoms with Gasteiger partial charge in [0.15, 0.2) is 0 Å². The Labute approximate surface area is 98.2 Å². The fraction of sp³-hybridized carbons (Fsp3) is 0.667. The molecule has 6 N–H and O–H groups in total. The van der Waals surface area contributed by atoms with Crippen LogP contribution in [-0.4, -0.2) is 46.8 Å². The van der Waals surface area contributed by atoms with Gasteiger partial charge >= 0.3 is 12.0 Å². The summed E-state index contributed by atoms with van der Waals surface area (Å²) < 4.78 is 0. The van der Waals surface area contributed by atoms with Crippen molar-refractivity contribution in [2.24, 2.45) is 11.7 Å². The van der Waals surface area contributed by atoms with E-state index in [1.165, 1.54) is 0 Å². The number of amides is 3. The third-order valence-electron chi connectivity index (χ3n) is 2.04. The summed E-state index contributed by atoms with van der Waals surface area (Å²) in [5.41, 5.74) is 4.90. The summed E-state index contributed by atoms with van der Waals surface area (Å²) in [6, 6.07) is -3.23. The van der Waals surface area contributed by atoms with Crippen LogP contribution in [0.25, 0.3) is 0 Å². The van der Waals surface area contributed by atoms with Crippen molar-refractivity contribution in [2.75, 3.05) is 6.61 Å². The fourth-order valence-corrected chi connectivity index (χ4v) is 1.14. The monoisotopic (exact) mass is 247 g/mol. The van der Waals surface area contributed by atoms with E-state index in [1.807, 2.05) is 0 Å². The van der Waals surface area contributed by atoms with E-state index in [9.17, 15) is 14.4 Å². The number of carbonyl (C=O) groups is 3. The second-order valence-electron chi connectivity index (χ2n) is 3.81. The Morgan fingerprint density at radius 2 is 1.76 bits per heavy atom. The molecule has 8 nitrogen and oxygen atoms in total. The van der Waals surface area contributed by atoms with Gasteiger partial charge < -0.3 is 26.6 Å². The molecule has 0 radical (unpaired) electrons. The summed E-state index contributed by atoms with van der Waals surface area (Å²) in [5.74, 6) is -2.33. The van der Waals surface area contributed by atoms with Gasteiger partial charge in [-0.2, -0.15) is 0 Å². The number of rotatable bonds is 6. The Bertz CT molecular complexity index is 305. The van der Waals surface area contributed by atoms with Gasteiger partial charge in [-0.3, -0.25) is 4.79 Å².